The monoisotopic (exact) mass is 287 g/mol. The van der Waals surface area contributed by atoms with Gasteiger partial charge in [0, 0.05) is 6.54 Å². The fraction of sp³-hybridized carbons (Fsp3) is 0.429. The Morgan fingerprint density at radius 2 is 2.38 bits per heavy atom. The zero-order chi connectivity index (χ0) is 14.7. The summed E-state index contributed by atoms with van der Waals surface area (Å²) >= 11 is 0. The van der Waals surface area contributed by atoms with E-state index in [0.717, 1.165) is 30.7 Å². The number of hydrogen-bond donors (Lipinski definition) is 0. The van der Waals surface area contributed by atoms with E-state index in [-0.39, 0.29) is 18.5 Å². The minimum Gasteiger partial charge on any atom is -0.497 e. The molecular weight excluding hydrogens is 270 g/mol. The Morgan fingerprint density at radius 3 is 3.14 bits per heavy atom. The molecule has 3 rings (SSSR count). The van der Waals surface area contributed by atoms with Gasteiger partial charge in [-0.15, -0.1) is 5.10 Å². The molecular formula is C14H17N5O2. The van der Waals surface area contributed by atoms with E-state index in [1.54, 1.807) is 7.11 Å². The van der Waals surface area contributed by atoms with Gasteiger partial charge >= 0.3 is 0 Å². The zero-order valence-corrected chi connectivity index (χ0v) is 11.8. The number of tetrazole rings is 1. The number of benzene rings is 1. The van der Waals surface area contributed by atoms with Gasteiger partial charge in [-0.1, -0.05) is 12.1 Å². The Kier molecular flexibility index (Phi) is 3.81. The van der Waals surface area contributed by atoms with Gasteiger partial charge in [-0.25, -0.2) is 4.68 Å². The molecule has 2 heterocycles. The van der Waals surface area contributed by atoms with E-state index in [9.17, 15) is 4.79 Å². The maximum Gasteiger partial charge on any atom is 0.244 e. The van der Waals surface area contributed by atoms with Crippen molar-refractivity contribution in [1.29, 1.82) is 0 Å². The van der Waals surface area contributed by atoms with Crippen LogP contribution < -0.4 is 4.74 Å². The highest BCUT2D eigenvalue weighted by molar-refractivity contribution is 5.76. The molecule has 1 fully saturated rings. The number of carbonyl (C=O) groups excluding carboxylic acids is 1. The summed E-state index contributed by atoms with van der Waals surface area (Å²) in [6, 6.07) is 8.00. The SMILES string of the molecule is COc1cccc(C2CCCN2C(=O)Cn2cnnn2)c1. The number of likely N-dealkylation sites (tertiary alicyclic amines) is 1. The topological polar surface area (TPSA) is 73.1 Å². The first-order valence-electron chi connectivity index (χ1n) is 6.92. The fourth-order valence-corrected chi connectivity index (χ4v) is 2.74. The molecule has 21 heavy (non-hydrogen) atoms. The zero-order valence-electron chi connectivity index (χ0n) is 11.8. The van der Waals surface area contributed by atoms with E-state index in [0.29, 0.717) is 0 Å². The summed E-state index contributed by atoms with van der Waals surface area (Å²) in [7, 11) is 1.65. The lowest BCUT2D eigenvalue weighted by atomic mass is 10.0. The average molecular weight is 287 g/mol. The number of carbonyl (C=O) groups is 1. The molecule has 110 valence electrons. The second-order valence-electron chi connectivity index (χ2n) is 5.03. The quantitative estimate of drug-likeness (QED) is 0.840. The van der Waals surface area contributed by atoms with Crippen LogP contribution in [0.25, 0.3) is 0 Å². The second kappa shape index (κ2) is 5.90. The van der Waals surface area contributed by atoms with Crippen molar-refractivity contribution < 1.29 is 9.53 Å². The van der Waals surface area contributed by atoms with Gasteiger partial charge in [0.2, 0.25) is 5.91 Å². The maximum absolute atomic E-state index is 12.4. The lowest BCUT2D eigenvalue weighted by Crippen LogP contribution is -2.33. The summed E-state index contributed by atoms with van der Waals surface area (Å²) in [5.74, 6) is 0.847. The van der Waals surface area contributed by atoms with Gasteiger partial charge in [-0.2, -0.15) is 0 Å². The molecule has 0 saturated carbocycles. The van der Waals surface area contributed by atoms with Crippen LogP contribution in [0.2, 0.25) is 0 Å². The molecule has 1 aromatic carbocycles. The van der Waals surface area contributed by atoms with Crippen molar-refractivity contribution in [3.8, 4) is 5.75 Å². The first-order chi connectivity index (χ1) is 10.3. The maximum atomic E-state index is 12.4. The van der Waals surface area contributed by atoms with Gasteiger partial charge in [0.05, 0.1) is 13.2 Å². The Bertz CT molecular complexity index is 614. The van der Waals surface area contributed by atoms with Crippen LogP contribution in [-0.4, -0.2) is 44.7 Å². The van der Waals surface area contributed by atoms with Crippen molar-refractivity contribution in [2.75, 3.05) is 13.7 Å². The molecule has 1 aliphatic heterocycles. The first-order valence-corrected chi connectivity index (χ1v) is 6.92. The molecule has 7 heteroatoms. The number of nitrogens with zero attached hydrogens (tertiary/aromatic N) is 5. The standard InChI is InChI=1S/C14H17N5O2/c1-21-12-5-2-4-11(8-12)13-6-3-7-19(13)14(20)9-18-10-15-16-17-18/h2,4-5,8,10,13H,3,6-7,9H2,1H3. The van der Waals surface area contributed by atoms with Crippen molar-refractivity contribution >= 4 is 5.91 Å². The van der Waals surface area contributed by atoms with Crippen LogP contribution in [0.15, 0.2) is 30.6 Å². The van der Waals surface area contributed by atoms with E-state index < -0.39 is 0 Å². The highest BCUT2D eigenvalue weighted by Crippen LogP contribution is 2.33. The smallest absolute Gasteiger partial charge is 0.244 e. The van der Waals surface area contributed by atoms with Gasteiger partial charge in [0.1, 0.15) is 18.6 Å². The molecule has 1 aliphatic rings. The summed E-state index contributed by atoms with van der Waals surface area (Å²) in [6.45, 7) is 0.941. The van der Waals surface area contributed by atoms with Crippen molar-refractivity contribution in [3.05, 3.63) is 36.2 Å². The van der Waals surface area contributed by atoms with Crippen LogP contribution in [0.4, 0.5) is 0 Å². The van der Waals surface area contributed by atoms with E-state index in [2.05, 4.69) is 15.5 Å². The van der Waals surface area contributed by atoms with Crippen LogP contribution in [0.1, 0.15) is 24.4 Å². The summed E-state index contributed by atoms with van der Waals surface area (Å²) in [5.41, 5.74) is 1.11. The number of amides is 1. The van der Waals surface area contributed by atoms with Crippen molar-refractivity contribution in [3.63, 3.8) is 0 Å². The Hall–Kier alpha value is -2.44. The minimum atomic E-state index is 0.0348. The fourth-order valence-electron chi connectivity index (χ4n) is 2.74. The number of hydrogen-bond acceptors (Lipinski definition) is 5. The molecule has 7 nitrogen and oxygen atoms in total. The molecule has 0 N–H and O–H groups in total. The molecule has 0 spiro atoms. The third-order valence-corrected chi connectivity index (χ3v) is 3.74. The normalized spacial score (nSPS) is 18.0. The summed E-state index contributed by atoms with van der Waals surface area (Å²) in [5, 5.41) is 10.8. The molecule has 0 aliphatic carbocycles. The van der Waals surface area contributed by atoms with Crippen LogP contribution in [0.5, 0.6) is 5.75 Å². The van der Waals surface area contributed by atoms with Crippen LogP contribution in [0.3, 0.4) is 0 Å². The number of aromatic nitrogens is 4. The van der Waals surface area contributed by atoms with E-state index in [1.807, 2.05) is 29.2 Å². The number of ether oxygens (including phenoxy) is 1. The lowest BCUT2D eigenvalue weighted by Gasteiger charge is -2.25. The summed E-state index contributed by atoms with van der Waals surface area (Å²) in [6.07, 6.45) is 3.42. The second-order valence-corrected chi connectivity index (χ2v) is 5.03. The van der Waals surface area contributed by atoms with E-state index in [1.165, 1.54) is 11.0 Å². The van der Waals surface area contributed by atoms with E-state index in [4.69, 9.17) is 4.74 Å². The Labute approximate surface area is 122 Å². The molecule has 1 unspecified atom stereocenters. The Balaban J connectivity index is 1.76. The predicted octanol–water partition coefficient (Wildman–Crippen LogP) is 1.05. The van der Waals surface area contributed by atoms with Gasteiger partial charge in [0.25, 0.3) is 0 Å². The van der Waals surface area contributed by atoms with E-state index >= 15 is 0 Å². The number of methoxy groups -OCH3 is 1. The van der Waals surface area contributed by atoms with Crippen molar-refractivity contribution in [1.82, 2.24) is 25.1 Å². The molecule has 1 saturated heterocycles. The number of rotatable bonds is 4. The van der Waals surface area contributed by atoms with Crippen LogP contribution >= 0.6 is 0 Å². The Morgan fingerprint density at radius 1 is 1.48 bits per heavy atom. The third kappa shape index (κ3) is 2.86. The molecule has 2 aromatic rings. The van der Waals surface area contributed by atoms with Gasteiger partial charge in [-0.3, -0.25) is 4.79 Å². The van der Waals surface area contributed by atoms with Crippen LogP contribution in [-0.2, 0) is 11.3 Å². The molecule has 1 amide bonds. The predicted molar refractivity (Wildman–Crippen MR) is 74.5 cm³/mol. The molecule has 1 aromatic heterocycles. The first kappa shape index (κ1) is 13.5. The highest BCUT2D eigenvalue weighted by atomic mass is 16.5. The molecule has 0 radical (unpaired) electrons. The summed E-state index contributed by atoms with van der Waals surface area (Å²) in [4.78, 5) is 14.3. The molecule has 1 atom stereocenters. The lowest BCUT2D eigenvalue weighted by molar-refractivity contribution is -0.133. The molecule has 0 bridgehead atoms. The van der Waals surface area contributed by atoms with Crippen molar-refractivity contribution in [2.24, 2.45) is 0 Å². The van der Waals surface area contributed by atoms with Gasteiger partial charge in [0.15, 0.2) is 0 Å². The average Bonchev–Trinajstić information content (AvgIpc) is 3.18. The summed E-state index contributed by atoms with van der Waals surface area (Å²) < 4.78 is 6.71. The minimum absolute atomic E-state index is 0.0348. The van der Waals surface area contributed by atoms with Gasteiger partial charge in [-0.05, 0) is 41.0 Å². The van der Waals surface area contributed by atoms with Gasteiger partial charge < -0.3 is 9.64 Å². The largest absolute Gasteiger partial charge is 0.497 e. The third-order valence-electron chi connectivity index (χ3n) is 3.74. The van der Waals surface area contributed by atoms with Crippen molar-refractivity contribution in [2.45, 2.75) is 25.4 Å². The highest BCUT2D eigenvalue weighted by Gasteiger charge is 2.30. The van der Waals surface area contributed by atoms with Crippen LogP contribution in [0, 0.1) is 0 Å².